The van der Waals surface area contributed by atoms with Gasteiger partial charge < -0.3 is 10.8 Å². The molecule has 1 unspecified atom stereocenters. The summed E-state index contributed by atoms with van der Waals surface area (Å²) in [5.41, 5.74) is 7.39. The van der Waals surface area contributed by atoms with Gasteiger partial charge in [-0.25, -0.2) is 4.39 Å². The molecule has 0 aliphatic rings. The number of hydrogen-bond donors (Lipinski definition) is 2. The number of nitrogen functional groups attached to an aromatic ring is 1. The molecule has 2 rings (SSSR count). The van der Waals surface area contributed by atoms with Crippen molar-refractivity contribution >= 4 is 5.69 Å². The topological polar surface area (TPSA) is 49.5 Å². The lowest BCUT2D eigenvalue weighted by atomic mass is 10.1. The van der Waals surface area contributed by atoms with Crippen molar-refractivity contribution in [3.05, 3.63) is 65.5 Å². The first kappa shape index (κ1) is 14.5. The Labute approximate surface area is 118 Å². The second kappa shape index (κ2) is 6.50. The zero-order valence-corrected chi connectivity index (χ0v) is 11.5. The summed E-state index contributed by atoms with van der Waals surface area (Å²) in [6, 6.07) is 14.4. The SMILES string of the molecule is CN(Cc1ccccc1)CC(O)c1ccc(F)c(N)c1. The third kappa shape index (κ3) is 3.79. The highest BCUT2D eigenvalue weighted by atomic mass is 19.1. The Morgan fingerprint density at radius 2 is 1.90 bits per heavy atom. The first-order valence-corrected chi connectivity index (χ1v) is 6.51. The molecule has 2 aromatic rings. The molecule has 1 atom stereocenters. The molecule has 0 radical (unpaired) electrons. The zero-order chi connectivity index (χ0) is 14.5. The normalized spacial score (nSPS) is 12.6. The van der Waals surface area contributed by atoms with Crippen LogP contribution in [0.3, 0.4) is 0 Å². The predicted molar refractivity (Wildman–Crippen MR) is 78.5 cm³/mol. The summed E-state index contributed by atoms with van der Waals surface area (Å²) in [4.78, 5) is 2.01. The first-order chi connectivity index (χ1) is 9.56. The van der Waals surface area contributed by atoms with Gasteiger partial charge in [0.2, 0.25) is 0 Å². The van der Waals surface area contributed by atoms with Gasteiger partial charge >= 0.3 is 0 Å². The summed E-state index contributed by atoms with van der Waals surface area (Å²) in [5, 5.41) is 10.2. The van der Waals surface area contributed by atoms with Crippen molar-refractivity contribution in [1.29, 1.82) is 0 Å². The Hall–Kier alpha value is -1.91. The van der Waals surface area contributed by atoms with Crippen molar-refractivity contribution in [3.8, 4) is 0 Å². The van der Waals surface area contributed by atoms with Crippen LogP contribution in [0.15, 0.2) is 48.5 Å². The van der Waals surface area contributed by atoms with E-state index in [0.717, 1.165) is 6.54 Å². The van der Waals surface area contributed by atoms with E-state index >= 15 is 0 Å². The van der Waals surface area contributed by atoms with Crippen molar-refractivity contribution in [2.24, 2.45) is 0 Å². The Morgan fingerprint density at radius 3 is 2.55 bits per heavy atom. The average Bonchev–Trinajstić information content (AvgIpc) is 2.42. The summed E-state index contributed by atoms with van der Waals surface area (Å²) in [6.45, 7) is 1.20. The van der Waals surface area contributed by atoms with E-state index in [0.29, 0.717) is 12.1 Å². The minimum Gasteiger partial charge on any atom is -0.396 e. The van der Waals surface area contributed by atoms with Gasteiger partial charge in [-0.1, -0.05) is 36.4 Å². The molecule has 0 fully saturated rings. The van der Waals surface area contributed by atoms with Gasteiger partial charge in [-0.05, 0) is 30.3 Å². The lowest BCUT2D eigenvalue weighted by molar-refractivity contribution is 0.124. The molecule has 0 bridgehead atoms. The first-order valence-electron chi connectivity index (χ1n) is 6.51. The molecule has 3 nitrogen and oxygen atoms in total. The molecule has 0 saturated carbocycles. The third-order valence-electron chi connectivity index (χ3n) is 3.18. The molecule has 2 aromatic carbocycles. The van der Waals surface area contributed by atoms with Crippen LogP contribution in [0, 0.1) is 5.82 Å². The van der Waals surface area contributed by atoms with Crippen LogP contribution in [0.4, 0.5) is 10.1 Å². The van der Waals surface area contributed by atoms with Gasteiger partial charge in [0.05, 0.1) is 11.8 Å². The van der Waals surface area contributed by atoms with Gasteiger partial charge in [0.1, 0.15) is 5.82 Å². The molecule has 0 aliphatic heterocycles. The summed E-state index contributed by atoms with van der Waals surface area (Å²) in [6.07, 6.45) is -0.688. The molecule has 4 heteroatoms. The van der Waals surface area contributed by atoms with E-state index in [1.165, 1.54) is 17.7 Å². The maximum atomic E-state index is 13.1. The fourth-order valence-electron chi connectivity index (χ4n) is 2.13. The quantitative estimate of drug-likeness (QED) is 0.824. The van der Waals surface area contributed by atoms with E-state index in [9.17, 15) is 9.50 Å². The maximum Gasteiger partial charge on any atom is 0.146 e. The fourth-order valence-corrected chi connectivity index (χ4v) is 2.13. The Balaban J connectivity index is 1.96. The van der Waals surface area contributed by atoms with Crippen LogP contribution in [0.25, 0.3) is 0 Å². The Morgan fingerprint density at radius 1 is 1.20 bits per heavy atom. The monoisotopic (exact) mass is 274 g/mol. The maximum absolute atomic E-state index is 13.1. The van der Waals surface area contributed by atoms with Crippen LogP contribution >= 0.6 is 0 Å². The molecule has 0 saturated heterocycles. The van der Waals surface area contributed by atoms with E-state index in [2.05, 4.69) is 0 Å². The molecular weight excluding hydrogens is 255 g/mol. The minimum atomic E-state index is -0.688. The van der Waals surface area contributed by atoms with Gasteiger partial charge in [0.25, 0.3) is 0 Å². The number of nitrogens with zero attached hydrogens (tertiary/aromatic N) is 1. The Bertz CT molecular complexity index is 560. The molecule has 106 valence electrons. The molecule has 3 N–H and O–H groups in total. The standard InChI is InChI=1S/C16H19FN2O/c1-19(10-12-5-3-2-4-6-12)11-16(20)13-7-8-14(17)15(18)9-13/h2-9,16,20H,10-11,18H2,1H3. The Kier molecular flexibility index (Phi) is 4.71. The van der Waals surface area contributed by atoms with Crippen LogP contribution in [0.1, 0.15) is 17.2 Å². The van der Waals surface area contributed by atoms with Gasteiger partial charge in [-0.3, -0.25) is 4.90 Å². The number of rotatable bonds is 5. The number of likely N-dealkylation sites (N-methyl/N-ethyl adjacent to an activating group) is 1. The van der Waals surface area contributed by atoms with E-state index in [1.54, 1.807) is 6.07 Å². The van der Waals surface area contributed by atoms with E-state index in [4.69, 9.17) is 5.73 Å². The second-order valence-electron chi connectivity index (χ2n) is 4.98. The highest BCUT2D eigenvalue weighted by Crippen LogP contribution is 2.19. The van der Waals surface area contributed by atoms with Crippen LogP contribution in [0.5, 0.6) is 0 Å². The van der Waals surface area contributed by atoms with Crippen molar-refractivity contribution in [2.75, 3.05) is 19.3 Å². The van der Waals surface area contributed by atoms with Crippen LogP contribution < -0.4 is 5.73 Å². The van der Waals surface area contributed by atoms with Gasteiger partial charge in [0, 0.05) is 13.1 Å². The highest BCUT2D eigenvalue weighted by molar-refractivity contribution is 5.43. The lowest BCUT2D eigenvalue weighted by Gasteiger charge is -2.21. The number of anilines is 1. The zero-order valence-electron chi connectivity index (χ0n) is 11.5. The smallest absolute Gasteiger partial charge is 0.146 e. The predicted octanol–water partition coefficient (Wildman–Crippen LogP) is 2.57. The van der Waals surface area contributed by atoms with Crippen molar-refractivity contribution in [3.63, 3.8) is 0 Å². The van der Waals surface area contributed by atoms with Gasteiger partial charge in [-0.2, -0.15) is 0 Å². The van der Waals surface area contributed by atoms with E-state index in [-0.39, 0.29) is 5.69 Å². The number of hydrogen-bond acceptors (Lipinski definition) is 3. The molecule has 0 aliphatic carbocycles. The molecule has 0 heterocycles. The van der Waals surface area contributed by atoms with E-state index < -0.39 is 11.9 Å². The fraction of sp³-hybridized carbons (Fsp3) is 0.250. The largest absolute Gasteiger partial charge is 0.396 e. The van der Waals surface area contributed by atoms with Crippen molar-refractivity contribution in [2.45, 2.75) is 12.6 Å². The average molecular weight is 274 g/mol. The summed E-state index contributed by atoms with van der Waals surface area (Å²) >= 11 is 0. The second-order valence-corrected chi connectivity index (χ2v) is 4.98. The van der Waals surface area contributed by atoms with Gasteiger partial charge in [0.15, 0.2) is 0 Å². The molecule has 0 amide bonds. The molecular formula is C16H19FN2O. The number of aliphatic hydroxyl groups is 1. The summed E-state index contributed by atoms with van der Waals surface area (Å²) in [7, 11) is 1.93. The molecule has 0 spiro atoms. The lowest BCUT2D eigenvalue weighted by Crippen LogP contribution is -2.24. The van der Waals surface area contributed by atoms with Crippen LogP contribution in [-0.2, 0) is 6.54 Å². The van der Waals surface area contributed by atoms with E-state index in [1.807, 2.05) is 42.3 Å². The minimum absolute atomic E-state index is 0.0623. The number of benzene rings is 2. The van der Waals surface area contributed by atoms with Gasteiger partial charge in [-0.15, -0.1) is 0 Å². The van der Waals surface area contributed by atoms with Crippen molar-refractivity contribution < 1.29 is 9.50 Å². The highest BCUT2D eigenvalue weighted by Gasteiger charge is 2.12. The van der Waals surface area contributed by atoms with Crippen molar-refractivity contribution in [1.82, 2.24) is 4.90 Å². The molecule has 0 aromatic heterocycles. The third-order valence-corrected chi connectivity index (χ3v) is 3.18. The molecule has 20 heavy (non-hydrogen) atoms. The van der Waals surface area contributed by atoms with Crippen LogP contribution in [-0.4, -0.2) is 23.6 Å². The van der Waals surface area contributed by atoms with Crippen LogP contribution in [0.2, 0.25) is 0 Å². The number of halogens is 1. The summed E-state index contributed by atoms with van der Waals surface area (Å²) in [5.74, 6) is -0.460. The summed E-state index contributed by atoms with van der Waals surface area (Å²) < 4.78 is 13.1. The number of nitrogens with two attached hydrogens (primary N) is 1. The number of aliphatic hydroxyl groups excluding tert-OH is 1.